The first kappa shape index (κ1) is 21.5. The lowest BCUT2D eigenvalue weighted by Crippen LogP contribution is -2.23. The lowest BCUT2D eigenvalue weighted by molar-refractivity contribution is 0.353. The van der Waals surface area contributed by atoms with Crippen molar-refractivity contribution >= 4 is 0 Å². The SMILES string of the molecule is COc1ccc(CC(NCc2ccccc2)c2ccc(OC)c(OC)c2)cc1OC. The van der Waals surface area contributed by atoms with E-state index >= 15 is 0 Å². The second kappa shape index (κ2) is 10.6. The van der Waals surface area contributed by atoms with Crippen LogP contribution in [0.4, 0.5) is 0 Å². The first-order valence-corrected chi connectivity index (χ1v) is 9.88. The molecule has 0 spiro atoms. The summed E-state index contributed by atoms with van der Waals surface area (Å²) in [5.41, 5.74) is 3.50. The van der Waals surface area contributed by atoms with Gasteiger partial charge in [-0.15, -0.1) is 0 Å². The summed E-state index contributed by atoms with van der Waals surface area (Å²) < 4.78 is 21.8. The molecule has 3 rings (SSSR count). The fourth-order valence-corrected chi connectivity index (χ4v) is 3.46. The molecule has 5 heteroatoms. The second-order valence-electron chi connectivity index (χ2n) is 6.93. The van der Waals surface area contributed by atoms with E-state index in [1.54, 1.807) is 28.4 Å². The van der Waals surface area contributed by atoms with E-state index in [2.05, 4.69) is 41.7 Å². The maximum atomic E-state index is 5.52. The van der Waals surface area contributed by atoms with Gasteiger partial charge in [-0.2, -0.15) is 0 Å². The molecule has 30 heavy (non-hydrogen) atoms. The van der Waals surface area contributed by atoms with Crippen LogP contribution in [0.2, 0.25) is 0 Å². The number of hydrogen-bond acceptors (Lipinski definition) is 5. The van der Waals surface area contributed by atoms with Crippen LogP contribution in [-0.2, 0) is 13.0 Å². The highest BCUT2D eigenvalue weighted by Crippen LogP contribution is 2.33. The van der Waals surface area contributed by atoms with Crippen LogP contribution in [-0.4, -0.2) is 28.4 Å². The summed E-state index contributed by atoms with van der Waals surface area (Å²) in [7, 11) is 6.60. The summed E-state index contributed by atoms with van der Waals surface area (Å²) in [4.78, 5) is 0. The third-order valence-corrected chi connectivity index (χ3v) is 5.09. The summed E-state index contributed by atoms with van der Waals surface area (Å²) in [6.07, 6.45) is 0.780. The molecule has 3 aromatic carbocycles. The third-order valence-electron chi connectivity index (χ3n) is 5.09. The van der Waals surface area contributed by atoms with Gasteiger partial charge in [0.1, 0.15) is 0 Å². The monoisotopic (exact) mass is 407 g/mol. The zero-order valence-corrected chi connectivity index (χ0v) is 18.0. The van der Waals surface area contributed by atoms with Gasteiger partial charge in [-0.05, 0) is 47.4 Å². The van der Waals surface area contributed by atoms with Crippen molar-refractivity contribution < 1.29 is 18.9 Å². The Balaban J connectivity index is 1.89. The van der Waals surface area contributed by atoms with Crippen molar-refractivity contribution in [1.82, 2.24) is 5.32 Å². The standard InChI is InChI=1S/C25H29NO4/c1-27-22-12-10-19(15-24(22)29-3)14-21(26-17-18-8-6-5-7-9-18)20-11-13-23(28-2)25(16-20)30-4/h5-13,15-16,21,26H,14,17H2,1-4H3. The van der Waals surface area contributed by atoms with E-state index in [1.807, 2.05) is 30.3 Å². The van der Waals surface area contributed by atoms with Crippen molar-refractivity contribution in [3.05, 3.63) is 83.4 Å². The van der Waals surface area contributed by atoms with Crippen LogP contribution in [0.25, 0.3) is 0 Å². The molecular formula is C25H29NO4. The van der Waals surface area contributed by atoms with E-state index in [-0.39, 0.29) is 6.04 Å². The van der Waals surface area contributed by atoms with Gasteiger partial charge in [-0.25, -0.2) is 0 Å². The first-order chi connectivity index (χ1) is 14.7. The molecule has 1 unspecified atom stereocenters. The number of ether oxygens (including phenoxy) is 4. The van der Waals surface area contributed by atoms with Crippen LogP contribution in [0.1, 0.15) is 22.7 Å². The second-order valence-corrected chi connectivity index (χ2v) is 6.93. The highest BCUT2D eigenvalue weighted by molar-refractivity contribution is 5.46. The van der Waals surface area contributed by atoms with E-state index < -0.39 is 0 Å². The number of benzene rings is 3. The Morgan fingerprint density at radius 2 is 1.23 bits per heavy atom. The summed E-state index contributed by atoms with van der Waals surface area (Å²) >= 11 is 0. The molecule has 0 saturated carbocycles. The van der Waals surface area contributed by atoms with Gasteiger partial charge in [0.25, 0.3) is 0 Å². The zero-order chi connectivity index (χ0) is 21.3. The van der Waals surface area contributed by atoms with Gasteiger partial charge < -0.3 is 24.3 Å². The van der Waals surface area contributed by atoms with Gasteiger partial charge in [0.2, 0.25) is 0 Å². The van der Waals surface area contributed by atoms with Crippen molar-refractivity contribution in [2.24, 2.45) is 0 Å². The fourth-order valence-electron chi connectivity index (χ4n) is 3.46. The number of methoxy groups -OCH3 is 4. The Bertz CT molecular complexity index is 943. The van der Waals surface area contributed by atoms with Crippen molar-refractivity contribution in [2.45, 2.75) is 19.0 Å². The van der Waals surface area contributed by atoms with Crippen LogP contribution in [0.15, 0.2) is 66.7 Å². The highest BCUT2D eigenvalue weighted by Gasteiger charge is 2.16. The minimum Gasteiger partial charge on any atom is -0.493 e. The topological polar surface area (TPSA) is 49.0 Å². The molecule has 0 heterocycles. The molecule has 0 aliphatic heterocycles. The zero-order valence-electron chi connectivity index (χ0n) is 18.0. The van der Waals surface area contributed by atoms with E-state index in [9.17, 15) is 0 Å². The maximum absolute atomic E-state index is 5.52. The average Bonchev–Trinajstić information content (AvgIpc) is 2.81. The molecule has 158 valence electrons. The van der Waals surface area contributed by atoms with E-state index in [1.165, 1.54) is 5.56 Å². The molecule has 0 radical (unpaired) electrons. The average molecular weight is 408 g/mol. The smallest absolute Gasteiger partial charge is 0.161 e. The summed E-state index contributed by atoms with van der Waals surface area (Å²) in [5.74, 6) is 2.88. The molecule has 1 N–H and O–H groups in total. The van der Waals surface area contributed by atoms with Crippen molar-refractivity contribution in [3.63, 3.8) is 0 Å². The van der Waals surface area contributed by atoms with Crippen molar-refractivity contribution in [1.29, 1.82) is 0 Å². The summed E-state index contributed by atoms with van der Waals surface area (Å²) in [6, 6.07) is 22.5. The fraction of sp³-hybridized carbons (Fsp3) is 0.280. The Labute approximate surface area is 178 Å². The Hall–Kier alpha value is -3.18. The molecule has 5 nitrogen and oxygen atoms in total. The lowest BCUT2D eigenvalue weighted by atomic mass is 9.97. The molecule has 0 saturated heterocycles. The number of nitrogens with one attached hydrogen (secondary N) is 1. The number of hydrogen-bond donors (Lipinski definition) is 1. The van der Waals surface area contributed by atoms with Gasteiger partial charge in [0, 0.05) is 12.6 Å². The minimum atomic E-state index is 0.0723. The van der Waals surface area contributed by atoms with Crippen LogP contribution >= 0.6 is 0 Å². The molecule has 3 aromatic rings. The van der Waals surface area contributed by atoms with Crippen LogP contribution < -0.4 is 24.3 Å². The van der Waals surface area contributed by atoms with E-state index in [0.29, 0.717) is 11.5 Å². The van der Waals surface area contributed by atoms with Gasteiger partial charge in [0.15, 0.2) is 23.0 Å². The van der Waals surface area contributed by atoms with E-state index in [4.69, 9.17) is 18.9 Å². The minimum absolute atomic E-state index is 0.0723. The van der Waals surface area contributed by atoms with Crippen molar-refractivity contribution in [3.8, 4) is 23.0 Å². The van der Waals surface area contributed by atoms with Gasteiger partial charge in [-0.1, -0.05) is 42.5 Å². The Morgan fingerprint density at radius 1 is 0.633 bits per heavy atom. The predicted octanol–water partition coefficient (Wildman–Crippen LogP) is 4.79. The molecule has 0 fully saturated rings. The van der Waals surface area contributed by atoms with Gasteiger partial charge in [0.05, 0.1) is 28.4 Å². The molecule has 0 aliphatic rings. The summed E-state index contributed by atoms with van der Waals surface area (Å²) in [5, 5.41) is 3.69. The molecule has 1 atom stereocenters. The first-order valence-electron chi connectivity index (χ1n) is 9.88. The van der Waals surface area contributed by atoms with Crippen molar-refractivity contribution in [2.75, 3.05) is 28.4 Å². The third kappa shape index (κ3) is 5.24. The molecule has 0 aromatic heterocycles. The Kier molecular flexibility index (Phi) is 7.57. The summed E-state index contributed by atoms with van der Waals surface area (Å²) in [6.45, 7) is 0.757. The Morgan fingerprint density at radius 3 is 1.87 bits per heavy atom. The molecule has 0 aliphatic carbocycles. The maximum Gasteiger partial charge on any atom is 0.161 e. The molecule has 0 bridgehead atoms. The van der Waals surface area contributed by atoms with Crippen LogP contribution in [0, 0.1) is 0 Å². The largest absolute Gasteiger partial charge is 0.493 e. The van der Waals surface area contributed by atoms with Crippen LogP contribution in [0.5, 0.6) is 23.0 Å². The lowest BCUT2D eigenvalue weighted by Gasteiger charge is -2.21. The number of rotatable bonds is 10. The molecule has 0 amide bonds. The molecular weight excluding hydrogens is 378 g/mol. The normalized spacial score (nSPS) is 11.6. The van der Waals surface area contributed by atoms with Gasteiger partial charge >= 0.3 is 0 Å². The van der Waals surface area contributed by atoms with Crippen LogP contribution in [0.3, 0.4) is 0 Å². The predicted molar refractivity (Wildman–Crippen MR) is 119 cm³/mol. The van der Waals surface area contributed by atoms with E-state index in [0.717, 1.165) is 35.6 Å². The quantitative estimate of drug-likeness (QED) is 0.523. The highest BCUT2D eigenvalue weighted by atomic mass is 16.5. The van der Waals surface area contributed by atoms with Gasteiger partial charge in [-0.3, -0.25) is 0 Å².